The van der Waals surface area contributed by atoms with Crippen LogP contribution in [0, 0.1) is 6.92 Å². The molecule has 0 bridgehead atoms. The Morgan fingerprint density at radius 2 is 1.95 bits per heavy atom. The van der Waals surface area contributed by atoms with E-state index in [2.05, 4.69) is 4.74 Å². The van der Waals surface area contributed by atoms with Crippen molar-refractivity contribution in [2.24, 2.45) is 0 Å². The molecule has 0 heterocycles. The lowest BCUT2D eigenvalue weighted by Crippen LogP contribution is -2.00. The van der Waals surface area contributed by atoms with Crippen molar-refractivity contribution in [2.75, 3.05) is 7.11 Å². The Morgan fingerprint density at radius 3 is 2.63 bits per heavy atom. The fraction of sp³-hybridized carbons (Fsp3) is 0.133. The van der Waals surface area contributed by atoms with Crippen molar-refractivity contribution in [3.63, 3.8) is 0 Å². The van der Waals surface area contributed by atoms with Crippen molar-refractivity contribution in [3.8, 4) is 11.5 Å². The normalized spacial score (nSPS) is 10.1. The van der Waals surface area contributed by atoms with Gasteiger partial charge >= 0.3 is 5.97 Å². The molecule has 0 fully saturated rings. The fourth-order valence-electron chi connectivity index (χ4n) is 1.66. The summed E-state index contributed by atoms with van der Waals surface area (Å²) in [5, 5.41) is 0.660. The van der Waals surface area contributed by atoms with Gasteiger partial charge in [-0.25, -0.2) is 4.79 Å². The lowest BCUT2D eigenvalue weighted by Gasteiger charge is -2.09. The molecule has 0 spiro atoms. The van der Waals surface area contributed by atoms with E-state index in [9.17, 15) is 4.79 Å². The van der Waals surface area contributed by atoms with Crippen LogP contribution in [0.5, 0.6) is 11.5 Å². The predicted molar refractivity (Wildman–Crippen MR) is 74.0 cm³/mol. The number of hydrogen-bond acceptors (Lipinski definition) is 3. The minimum Gasteiger partial charge on any atom is -0.465 e. The molecule has 0 aliphatic heterocycles. The van der Waals surface area contributed by atoms with Crippen molar-refractivity contribution in [3.05, 3.63) is 58.6 Å². The highest BCUT2D eigenvalue weighted by molar-refractivity contribution is 6.30. The van der Waals surface area contributed by atoms with E-state index in [1.807, 2.05) is 13.0 Å². The van der Waals surface area contributed by atoms with E-state index in [0.29, 0.717) is 22.1 Å². The maximum absolute atomic E-state index is 11.4. The Morgan fingerprint density at radius 1 is 1.16 bits per heavy atom. The molecule has 0 saturated heterocycles. The number of aryl methyl sites for hydroxylation is 1. The molecule has 2 aromatic carbocycles. The second-order valence-electron chi connectivity index (χ2n) is 4.03. The van der Waals surface area contributed by atoms with Gasteiger partial charge in [-0.1, -0.05) is 17.7 Å². The third-order valence-electron chi connectivity index (χ3n) is 2.62. The van der Waals surface area contributed by atoms with Crippen LogP contribution in [0.2, 0.25) is 5.02 Å². The monoisotopic (exact) mass is 276 g/mol. The van der Waals surface area contributed by atoms with Gasteiger partial charge < -0.3 is 9.47 Å². The van der Waals surface area contributed by atoms with E-state index in [4.69, 9.17) is 16.3 Å². The SMILES string of the molecule is COC(=O)c1cccc(Oc2ccc(Cl)cc2C)c1. The van der Waals surface area contributed by atoms with E-state index in [1.165, 1.54) is 7.11 Å². The van der Waals surface area contributed by atoms with E-state index < -0.39 is 5.97 Å². The summed E-state index contributed by atoms with van der Waals surface area (Å²) in [4.78, 5) is 11.4. The number of hydrogen-bond donors (Lipinski definition) is 0. The van der Waals surface area contributed by atoms with Gasteiger partial charge in [0.1, 0.15) is 11.5 Å². The smallest absolute Gasteiger partial charge is 0.337 e. The molecule has 4 heteroatoms. The van der Waals surface area contributed by atoms with Gasteiger partial charge in [-0.05, 0) is 48.9 Å². The van der Waals surface area contributed by atoms with Crippen molar-refractivity contribution in [1.82, 2.24) is 0 Å². The summed E-state index contributed by atoms with van der Waals surface area (Å²) < 4.78 is 10.4. The highest BCUT2D eigenvalue weighted by Gasteiger charge is 2.07. The summed E-state index contributed by atoms with van der Waals surface area (Å²) >= 11 is 5.89. The molecule has 0 atom stereocenters. The van der Waals surface area contributed by atoms with Gasteiger partial charge in [0.2, 0.25) is 0 Å². The number of methoxy groups -OCH3 is 1. The maximum Gasteiger partial charge on any atom is 0.337 e. The van der Waals surface area contributed by atoms with E-state index in [-0.39, 0.29) is 0 Å². The van der Waals surface area contributed by atoms with Crippen LogP contribution in [0.15, 0.2) is 42.5 Å². The molecular formula is C15H13ClO3. The zero-order chi connectivity index (χ0) is 13.8. The number of carbonyl (C=O) groups excluding carboxylic acids is 1. The van der Waals surface area contributed by atoms with Crippen LogP contribution in [0.25, 0.3) is 0 Å². The standard InChI is InChI=1S/C15H13ClO3/c1-10-8-12(16)6-7-14(10)19-13-5-3-4-11(9-13)15(17)18-2/h3-9H,1-2H3. The third kappa shape index (κ3) is 3.26. The molecular weight excluding hydrogens is 264 g/mol. The van der Waals surface area contributed by atoms with Gasteiger partial charge in [-0.2, -0.15) is 0 Å². The van der Waals surface area contributed by atoms with Gasteiger partial charge in [-0.15, -0.1) is 0 Å². The first-order valence-corrected chi connectivity index (χ1v) is 6.10. The third-order valence-corrected chi connectivity index (χ3v) is 2.86. The molecule has 0 N–H and O–H groups in total. The van der Waals surface area contributed by atoms with E-state index in [0.717, 1.165) is 5.56 Å². The molecule has 98 valence electrons. The lowest BCUT2D eigenvalue weighted by atomic mass is 10.2. The number of carbonyl (C=O) groups is 1. The zero-order valence-electron chi connectivity index (χ0n) is 10.6. The van der Waals surface area contributed by atoms with Crippen LogP contribution >= 0.6 is 11.6 Å². The van der Waals surface area contributed by atoms with Crippen LogP contribution in [0.1, 0.15) is 15.9 Å². The first-order valence-electron chi connectivity index (χ1n) is 5.72. The summed E-state index contributed by atoms with van der Waals surface area (Å²) in [6, 6.07) is 12.2. The van der Waals surface area contributed by atoms with Gasteiger partial charge in [0, 0.05) is 5.02 Å². The number of rotatable bonds is 3. The second kappa shape index (κ2) is 5.76. The molecule has 0 aliphatic rings. The summed E-state index contributed by atoms with van der Waals surface area (Å²) in [5.74, 6) is 0.887. The minimum atomic E-state index is -0.390. The largest absolute Gasteiger partial charge is 0.465 e. The molecule has 0 radical (unpaired) electrons. The molecule has 0 unspecified atom stereocenters. The van der Waals surface area contributed by atoms with Gasteiger partial charge in [-0.3, -0.25) is 0 Å². The fourth-order valence-corrected chi connectivity index (χ4v) is 1.89. The molecule has 2 aromatic rings. The van der Waals surface area contributed by atoms with Crippen LogP contribution in [0.3, 0.4) is 0 Å². The molecule has 3 nitrogen and oxygen atoms in total. The Kier molecular flexibility index (Phi) is 4.07. The Bertz CT molecular complexity index is 608. The van der Waals surface area contributed by atoms with Crippen molar-refractivity contribution in [1.29, 1.82) is 0 Å². The molecule has 2 rings (SSSR count). The summed E-state index contributed by atoms with van der Waals surface area (Å²) in [6.45, 7) is 1.91. The average molecular weight is 277 g/mol. The highest BCUT2D eigenvalue weighted by atomic mass is 35.5. The Hall–Kier alpha value is -2.00. The van der Waals surface area contributed by atoms with Crippen molar-refractivity contribution >= 4 is 17.6 Å². The van der Waals surface area contributed by atoms with Crippen LogP contribution in [-0.2, 0) is 4.74 Å². The first kappa shape index (κ1) is 13.4. The molecule has 0 aromatic heterocycles. The molecule has 19 heavy (non-hydrogen) atoms. The minimum absolute atomic E-state index is 0.390. The quantitative estimate of drug-likeness (QED) is 0.787. The van der Waals surface area contributed by atoms with Gasteiger partial charge in [0.15, 0.2) is 0 Å². The lowest BCUT2D eigenvalue weighted by molar-refractivity contribution is 0.0600. The van der Waals surface area contributed by atoms with Crippen LogP contribution in [0.4, 0.5) is 0 Å². The molecule has 0 aliphatic carbocycles. The van der Waals surface area contributed by atoms with Gasteiger partial charge in [0.25, 0.3) is 0 Å². The van der Waals surface area contributed by atoms with Gasteiger partial charge in [0.05, 0.1) is 12.7 Å². The van der Waals surface area contributed by atoms with E-state index in [1.54, 1.807) is 36.4 Å². The Labute approximate surface area is 116 Å². The number of benzene rings is 2. The van der Waals surface area contributed by atoms with Crippen molar-refractivity contribution < 1.29 is 14.3 Å². The summed E-state index contributed by atoms with van der Waals surface area (Å²) in [5.41, 5.74) is 1.38. The number of halogens is 1. The highest BCUT2D eigenvalue weighted by Crippen LogP contribution is 2.27. The topological polar surface area (TPSA) is 35.5 Å². The van der Waals surface area contributed by atoms with Crippen LogP contribution in [-0.4, -0.2) is 13.1 Å². The summed E-state index contributed by atoms with van der Waals surface area (Å²) in [6.07, 6.45) is 0. The van der Waals surface area contributed by atoms with E-state index >= 15 is 0 Å². The maximum atomic E-state index is 11.4. The van der Waals surface area contributed by atoms with Crippen LogP contribution < -0.4 is 4.74 Å². The zero-order valence-corrected chi connectivity index (χ0v) is 11.4. The number of ether oxygens (including phenoxy) is 2. The van der Waals surface area contributed by atoms with Crippen molar-refractivity contribution in [2.45, 2.75) is 6.92 Å². The first-order chi connectivity index (χ1) is 9.10. The average Bonchev–Trinajstić information content (AvgIpc) is 2.41. The molecule has 0 amide bonds. The Balaban J connectivity index is 2.26. The number of esters is 1. The predicted octanol–water partition coefficient (Wildman–Crippen LogP) is 4.23. The second-order valence-corrected chi connectivity index (χ2v) is 4.47. The summed E-state index contributed by atoms with van der Waals surface area (Å²) in [7, 11) is 1.35. The molecule has 0 saturated carbocycles.